The molecule has 0 saturated heterocycles. The van der Waals surface area contributed by atoms with Crippen LogP contribution in [-0.2, 0) is 14.3 Å². The molecule has 0 aromatic heterocycles. The smallest absolute Gasteiger partial charge is 0.326 e. The van der Waals surface area contributed by atoms with E-state index in [2.05, 4.69) is 10.6 Å². The second-order valence-electron chi connectivity index (χ2n) is 5.85. The second-order valence-corrected chi connectivity index (χ2v) is 6.26. The number of carbonyl (C=O) groups is 3. The molecule has 0 fully saturated rings. The Labute approximate surface area is 173 Å². The lowest BCUT2D eigenvalue weighted by Crippen LogP contribution is -2.36. The molecule has 9 heteroatoms. The number of nitrogens with one attached hydrogen (secondary N) is 2. The van der Waals surface area contributed by atoms with Crippen LogP contribution < -0.4 is 20.1 Å². The monoisotopic (exact) mass is 420 g/mol. The number of benzene rings is 2. The van der Waals surface area contributed by atoms with Gasteiger partial charge < -0.3 is 24.8 Å². The highest BCUT2D eigenvalue weighted by Gasteiger charge is 2.19. The zero-order valence-electron chi connectivity index (χ0n) is 16.2. The molecule has 0 aliphatic carbocycles. The molecule has 2 rings (SSSR count). The Balaban J connectivity index is 1.85. The highest BCUT2D eigenvalue weighted by molar-refractivity contribution is 6.32. The van der Waals surface area contributed by atoms with Gasteiger partial charge in [-0.2, -0.15) is 0 Å². The summed E-state index contributed by atoms with van der Waals surface area (Å²) in [5, 5.41) is 5.34. The molecule has 0 unspecified atom stereocenters. The van der Waals surface area contributed by atoms with Crippen LogP contribution in [-0.4, -0.2) is 44.7 Å². The number of esters is 1. The van der Waals surface area contributed by atoms with Gasteiger partial charge in [-0.25, -0.2) is 0 Å². The summed E-state index contributed by atoms with van der Waals surface area (Å²) >= 11 is 6.01. The van der Waals surface area contributed by atoms with Gasteiger partial charge >= 0.3 is 5.97 Å². The van der Waals surface area contributed by atoms with E-state index in [1.165, 1.54) is 27.2 Å². The van der Waals surface area contributed by atoms with Gasteiger partial charge in [-0.05, 0) is 37.3 Å². The van der Waals surface area contributed by atoms with Gasteiger partial charge in [0.25, 0.3) is 11.8 Å². The Hall–Kier alpha value is -3.26. The summed E-state index contributed by atoms with van der Waals surface area (Å²) in [6.45, 7) is 1.02. The third kappa shape index (κ3) is 6.11. The molecule has 0 saturated carbocycles. The van der Waals surface area contributed by atoms with Crippen LogP contribution in [0.5, 0.6) is 11.5 Å². The molecule has 0 radical (unpaired) electrons. The van der Waals surface area contributed by atoms with Crippen molar-refractivity contribution in [2.24, 2.45) is 0 Å². The highest BCUT2D eigenvalue weighted by Crippen LogP contribution is 2.27. The molecule has 0 spiro atoms. The number of anilines is 1. The molecule has 29 heavy (non-hydrogen) atoms. The van der Waals surface area contributed by atoms with Gasteiger partial charge in [0, 0.05) is 5.69 Å². The van der Waals surface area contributed by atoms with Gasteiger partial charge in [-0.15, -0.1) is 0 Å². The van der Waals surface area contributed by atoms with Crippen molar-refractivity contribution in [1.82, 2.24) is 5.32 Å². The summed E-state index contributed by atoms with van der Waals surface area (Å²) in [6, 6.07) is 11.3. The van der Waals surface area contributed by atoms with E-state index in [0.717, 1.165) is 0 Å². The minimum atomic E-state index is -1.08. The first-order chi connectivity index (χ1) is 13.8. The van der Waals surface area contributed by atoms with Gasteiger partial charge in [0.05, 0.1) is 24.8 Å². The molecular weight excluding hydrogens is 400 g/mol. The Morgan fingerprint density at radius 2 is 1.72 bits per heavy atom. The molecule has 0 aliphatic rings. The minimum absolute atomic E-state index is 0.282. The van der Waals surface area contributed by atoms with Crippen LogP contribution in [0.3, 0.4) is 0 Å². The summed E-state index contributed by atoms with van der Waals surface area (Å²) in [5.41, 5.74) is 0.707. The topological polar surface area (TPSA) is 103 Å². The SMILES string of the molecule is COc1ccc(NC(=O)[C@H](C)OC(=O)CNC(=O)c2ccccc2OC)cc1Cl. The van der Waals surface area contributed by atoms with Crippen molar-refractivity contribution in [2.75, 3.05) is 26.1 Å². The van der Waals surface area contributed by atoms with Crippen LogP contribution in [0.2, 0.25) is 5.02 Å². The summed E-state index contributed by atoms with van der Waals surface area (Å²) in [4.78, 5) is 36.3. The number of halogens is 1. The number of methoxy groups -OCH3 is 2. The van der Waals surface area contributed by atoms with Gasteiger partial charge in [-0.1, -0.05) is 23.7 Å². The second kappa shape index (κ2) is 10.3. The maximum atomic E-state index is 12.2. The average Bonchev–Trinajstić information content (AvgIpc) is 2.72. The summed E-state index contributed by atoms with van der Waals surface area (Å²) in [6.07, 6.45) is -1.08. The fourth-order valence-electron chi connectivity index (χ4n) is 2.36. The van der Waals surface area contributed by atoms with Gasteiger partial charge in [0.1, 0.15) is 18.0 Å². The first-order valence-electron chi connectivity index (χ1n) is 8.60. The summed E-state index contributed by atoms with van der Waals surface area (Å²) in [5.74, 6) is -0.956. The van der Waals surface area contributed by atoms with E-state index in [1.54, 1.807) is 36.4 Å². The van der Waals surface area contributed by atoms with Crippen molar-refractivity contribution < 1.29 is 28.6 Å². The number of para-hydroxylation sites is 1. The number of amides is 2. The number of hydrogen-bond acceptors (Lipinski definition) is 6. The Kier molecular flexibility index (Phi) is 7.85. The normalized spacial score (nSPS) is 11.2. The van der Waals surface area contributed by atoms with Crippen LogP contribution in [0.25, 0.3) is 0 Å². The largest absolute Gasteiger partial charge is 0.496 e. The van der Waals surface area contributed by atoms with E-state index in [0.29, 0.717) is 22.2 Å². The molecule has 0 aliphatic heterocycles. The van der Waals surface area contributed by atoms with Crippen molar-refractivity contribution in [3.63, 3.8) is 0 Å². The molecular formula is C20H21ClN2O6. The molecule has 1 atom stereocenters. The number of rotatable bonds is 8. The molecule has 0 heterocycles. The van der Waals surface area contributed by atoms with E-state index in [9.17, 15) is 14.4 Å². The van der Waals surface area contributed by atoms with Crippen molar-refractivity contribution >= 4 is 35.1 Å². The minimum Gasteiger partial charge on any atom is -0.496 e. The lowest BCUT2D eigenvalue weighted by molar-refractivity contribution is -0.152. The average molecular weight is 421 g/mol. The summed E-state index contributed by atoms with van der Waals surface area (Å²) < 4.78 is 15.2. The van der Waals surface area contributed by atoms with Gasteiger partial charge in [0.15, 0.2) is 6.10 Å². The fourth-order valence-corrected chi connectivity index (χ4v) is 2.62. The first-order valence-corrected chi connectivity index (χ1v) is 8.98. The zero-order valence-corrected chi connectivity index (χ0v) is 16.9. The molecule has 2 N–H and O–H groups in total. The van der Waals surface area contributed by atoms with Crippen LogP contribution in [0, 0.1) is 0 Å². The fraction of sp³-hybridized carbons (Fsp3) is 0.250. The van der Waals surface area contributed by atoms with Gasteiger partial charge in [0.2, 0.25) is 0 Å². The molecule has 2 amide bonds. The van der Waals surface area contributed by atoms with E-state index >= 15 is 0 Å². The van der Waals surface area contributed by atoms with Crippen LogP contribution >= 0.6 is 11.6 Å². The van der Waals surface area contributed by atoms with E-state index in [1.807, 2.05) is 0 Å². The predicted octanol–water partition coefficient (Wildman–Crippen LogP) is 2.66. The number of hydrogen-bond donors (Lipinski definition) is 2. The lowest BCUT2D eigenvalue weighted by Gasteiger charge is -2.14. The van der Waals surface area contributed by atoms with Crippen LogP contribution in [0.4, 0.5) is 5.69 Å². The lowest BCUT2D eigenvalue weighted by atomic mass is 10.2. The van der Waals surface area contributed by atoms with Crippen molar-refractivity contribution in [3.8, 4) is 11.5 Å². The van der Waals surface area contributed by atoms with Crippen LogP contribution in [0.15, 0.2) is 42.5 Å². The highest BCUT2D eigenvalue weighted by atomic mass is 35.5. The van der Waals surface area contributed by atoms with E-state index < -0.39 is 30.4 Å². The number of carbonyl (C=O) groups excluding carboxylic acids is 3. The van der Waals surface area contributed by atoms with Crippen molar-refractivity contribution in [3.05, 3.63) is 53.1 Å². The van der Waals surface area contributed by atoms with Crippen molar-refractivity contribution in [2.45, 2.75) is 13.0 Å². The zero-order chi connectivity index (χ0) is 21.4. The molecule has 2 aromatic carbocycles. The predicted molar refractivity (Wildman–Crippen MR) is 108 cm³/mol. The Morgan fingerprint density at radius 3 is 2.38 bits per heavy atom. The van der Waals surface area contributed by atoms with Crippen molar-refractivity contribution in [1.29, 1.82) is 0 Å². The molecule has 0 bridgehead atoms. The molecule has 154 valence electrons. The maximum absolute atomic E-state index is 12.2. The van der Waals surface area contributed by atoms with E-state index in [4.69, 9.17) is 25.8 Å². The third-order valence-corrected chi connectivity index (χ3v) is 4.14. The Bertz CT molecular complexity index is 902. The summed E-state index contributed by atoms with van der Waals surface area (Å²) in [7, 11) is 2.92. The van der Waals surface area contributed by atoms with E-state index in [-0.39, 0.29) is 5.56 Å². The van der Waals surface area contributed by atoms with Crippen LogP contribution in [0.1, 0.15) is 17.3 Å². The maximum Gasteiger partial charge on any atom is 0.326 e. The first kappa shape index (κ1) is 22.0. The third-order valence-electron chi connectivity index (χ3n) is 3.84. The molecule has 8 nitrogen and oxygen atoms in total. The molecule has 2 aromatic rings. The Morgan fingerprint density at radius 1 is 1.03 bits per heavy atom. The quantitative estimate of drug-likeness (QED) is 0.636. The number of ether oxygens (including phenoxy) is 3. The standard InChI is InChI=1S/C20H21ClN2O6/c1-12(19(25)23-13-8-9-17(28-3)15(21)10-13)29-18(24)11-22-20(26)14-6-4-5-7-16(14)27-2/h4-10,12H,11H2,1-3H3,(H,22,26)(H,23,25)/t12-/m0/s1. The van der Waals surface area contributed by atoms with Gasteiger partial charge in [-0.3, -0.25) is 14.4 Å².